The summed E-state index contributed by atoms with van der Waals surface area (Å²) in [7, 11) is 0. The van der Waals surface area contributed by atoms with Crippen LogP contribution in [0.4, 0.5) is 0 Å². The molecule has 11 heteroatoms. The molecule has 9 nitrogen and oxygen atoms in total. The number of aromatic hydroxyl groups is 2. The van der Waals surface area contributed by atoms with E-state index in [1.165, 1.54) is 28.8 Å². The Labute approximate surface area is 350 Å². The van der Waals surface area contributed by atoms with Gasteiger partial charge in [0.15, 0.2) is 0 Å². The topological polar surface area (TPSA) is 131 Å². The van der Waals surface area contributed by atoms with Crippen molar-refractivity contribution in [3.8, 4) is 11.5 Å². The SMILES string of the molecule is O=C(OC(=O)C(Cc1cc(O)ccc1Cl)CN1CCC2(CC1)CC(CO)c1ccccc12)C(Cc1cc(O)ccc1Cl)CN1CCC2(CC1)CC(O)c1ccccc12. The molecule has 2 fully saturated rings. The monoisotopic (exact) mass is 826 g/mol. The van der Waals surface area contributed by atoms with Gasteiger partial charge in [-0.1, -0.05) is 71.7 Å². The van der Waals surface area contributed by atoms with Gasteiger partial charge in [0.25, 0.3) is 0 Å². The molecule has 2 aliphatic carbocycles. The van der Waals surface area contributed by atoms with Crippen LogP contribution < -0.4 is 0 Å². The van der Waals surface area contributed by atoms with Crippen LogP contribution in [0.3, 0.4) is 0 Å². The number of aliphatic hydroxyl groups is 2. The molecule has 4 unspecified atom stereocenters. The molecule has 2 spiro atoms. The molecule has 306 valence electrons. The van der Waals surface area contributed by atoms with Gasteiger partial charge in [0.2, 0.25) is 0 Å². The Hall–Kier alpha value is -3.96. The minimum atomic E-state index is -0.763. The van der Waals surface area contributed by atoms with Gasteiger partial charge in [0.05, 0.1) is 17.9 Å². The molecule has 2 aliphatic heterocycles. The fourth-order valence-electron chi connectivity index (χ4n) is 10.6. The number of carbonyl (C=O) groups is 2. The van der Waals surface area contributed by atoms with E-state index >= 15 is 0 Å². The minimum absolute atomic E-state index is 0.0281. The Kier molecular flexibility index (Phi) is 11.9. The molecular formula is C47H52Cl2N2O7. The number of halogens is 2. The van der Waals surface area contributed by atoms with Crippen LogP contribution in [0.1, 0.15) is 83.9 Å². The molecule has 8 rings (SSSR count). The first kappa shape index (κ1) is 40.8. The van der Waals surface area contributed by atoms with E-state index in [-0.39, 0.29) is 47.7 Å². The molecule has 4 N–H and O–H groups in total. The maximum Gasteiger partial charge on any atom is 0.318 e. The highest BCUT2D eigenvalue weighted by Gasteiger charge is 2.47. The first-order chi connectivity index (χ1) is 28.0. The number of piperidine rings is 2. The zero-order chi connectivity index (χ0) is 40.6. The fraction of sp³-hybridized carbons (Fsp3) is 0.447. The number of likely N-dealkylation sites (tertiary alicyclic amines) is 2. The number of aliphatic hydroxyl groups excluding tert-OH is 2. The van der Waals surface area contributed by atoms with Gasteiger partial charge in [-0.25, -0.2) is 0 Å². The van der Waals surface area contributed by atoms with Crippen LogP contribution >= 0.6 is 23.2 Å². The molecule has 4 atom stereocenters. The van der Waals surface area contributed by atoms with Gasteiger partial charge in [-0.3, -0.25) is 9.59 Å². The van der Waals surface area contributed by atoms with Crippen LogP contribution in [0.5, 0.6) is 11.5 Å². The van der Waals surface area contributed by atoms with E-state index in [0.29, 0.717) is 53.8 Å². The average Bonchev–Trinajstić information content (AvgIpc) is 3.69. The second-order valence-corrected chi connectivity index (χ2v) is 18.0. The third kappa shape index (κ3) is 8.27. The summed E-state index contributed by atoms with van der Waals surface area (Å²) in [6, 6.07) is 25.8. The second-order valence-electron chi connectivity index (χ2n) is 17.2. The molecule has 0 radical (unpaired) electrons. The van der Waals surface area contributed by atoms with E-state index in [1.54, 1.807) is 24.3 Å². The number of phenolic OH excluding ortho intramolecular Hbond substituents is 2. The molecule has 4 aromatic carbocycles. The minimum Gasteiger partial charge on any atom is -0.508 e. The van der Waals surface area contributed by atoms with Crippen molar-refractivity contribution in [2.45, 2.75) is 74.2 Å². The van der Waals surface area contributed by atoms with Crippen molar-refractivity contribution in [2.24, 2.45) is 11.8 Å². The Balaban J connectivity index is 0.991. The Morgan fingerprint density at radius 1 is 0.672 bits per heavy atom. The average molecular weight is 828 g/mol. The van der Waals surface area contributed by atoms with Crippen LogP contribution in [-0.2, 0) is 38.0 Å². The molecule has 0 amide bonds. The van der Waals surface area contributed by atoms with Crippen LogP contribution in [0.25, 0.3) is 0 Å². The number of carbonyl (C=O) groups excluding carboxylic acids is 2. The van der Waals surface area contributed by atoms with E-state index in [4.69, 9.17) is 27.9 Å². The number of benzene rings is 4. The summed E-state index contributed by atoms with van der Waals surface area (Å²) in [6.45, 7) is 3.64. The number of phenols is 2. The summed E-state index contributed by atoms with van der Waals surface area (Å²) in [5, 5.41) is 42.5. The zero-order valence-electron chi connectivity index (χ0n) is 32.7. The number of esters is 2. The highest BCUT2D eigenvalue weighted by molar-refractivity contribution is 6.31. The van der Waals surface area contributed by atoms with Crippen LogP contribution in [0.15, 0.2) is 84.9 Å². The molecule has 4 aliphatic rings. The quantitative estimate of drug-likeness (QED) is 0.0899. The predicted octanol–water partition coefficient (Wildman–Crippen LogP) is 7.48. The van der Waals surface area contributed by atoms with Crippen molar-refractivity contribution in [3.05, 3.63) is 128 Å². The fourth-order valence-corrected chi connectivity index (χ4v) is 11.0. The molecule has 0 aromatic heterocycles. The Morgan fingerprint density at radius 2 is 1.12 bits per heavy atom. The smallest absolute Gasteiger partial charge is 0.318 e. The van der Waals surface area contributed by atoms with Crippen molar-refractivity contribution in [3.63, 3.8) is 0 Å². The van der Waals surface area contributed by atoms with E-state index < -0.39 is 29.9 Å². The summed E-state index contributed by atoms with van der Waals surface area (Å²) in [5.74, 6) is -2.66. The normalized spacial score (nSPS) is 22.1. The number of hydrogen-bond acceptors (Lipinski definition) is 9. The highest BCUT2D eigenvalue weighted by atomic mass is 35.5. The lowest BCUT2D eigenvalue weighted by atomic mass is 9.73. The van der Waals surface area contributed by atoms with Crippen molar-refractivity contribution in [1.82, 2.24) is 9.80 Å². The molecule has 4 aromatic rings. The standard InChI is InChI=1S/C47H52Cl2N2O7/c48-41-11-9-35(53)23-30(41)21-32(27-50-17-13-46(14-18-50)25-34(29-52)37-5-1-3-7-39(37)46)44(56)58-45(57)33(22-31-24-36(54)10-12-42(31)49)28-51-19-15-47(16-20-51)26-43(55)38-6-2-4-8-40(38)47/h1-12,23-24,32-34,43,52-55H,13-22,25-29H2. The van der Waals surface area contributed by atoms with Crippen LogP contribution in [0.2, 0.25) is 10.0 Å². The van der Waals surface area contributed by atoms with Crippen molar-refractivity contribution in [1.29, 1.82) is 0 Å². The van der Waals surface area contributed by atoms with Crippen molar-refractivity contribution >= 4 is 35.1 Å². The third-order valence-corrected chi connectivity index (χ3v) is 14.5. The van der Waals surface area contributed by atoms with Crippen LogP contribution in [-0.4, -0.2) is 88.0 Å². The number of fused-ring (bicyclic) bond motifs is 4. The van der Waals surface area contributed by atoms with Crippen molar-refractivity contribution < 1.29 is 34.8 Å². The van der Waals surface area contributed by atoms with E-state index in [0.717, 1.165) is 50.8 Å². The second kappa shape index (κ2) is 17.0. The molecule has 2 saturated heterocycles. The zero-order valence-corrected chi connectivity index (χ0v) is 34.2. The summed E-state index contributed by atoms with van der Waals surface area (Å²) < 4.78 is 5.86. The van der Waals surface area contributed by atoms with E-state index in [1.807, 2.05) is 24.3 Å². The lowest BCUT2D eigenvalue weighted by Gasteiger charge is -2.41. The Bertz CT molecular complexity index is 2150. The maximum atomic E-state index is 14.3. The van der Waals surface area contributed by atoms with Gasteiger partial charge >= 0.3 is 11.9 Å². The molecule has 2 heterocycles. The van der Waals surface area contributed by atoms with Gasteiger partial charge in [-0.15, -0.1) is 0 Å². The maximum absolute atomic E-state index is 14.3. The summed E-state index contributed by atoms with van der Waals surface area (Å²) in [4.78, 5) is 33.1. The Morgan fingerprint density at radius 3 is 1.62 bits per heavy atom. The summed E-state index contributed by atoms with van der Waals surface area (Å²) >= 11 is 13.2. The lowest BCUT2D eigenvalue weighted by Crippen LogP contribution is -2.46. The van der Waals surface area contributed by atoms with Gasteiger partial charge in [-0.05, 0) is 153 Å². The number of hydrogen-bond donors (Lipinski definition) is 4. The summed E-state index contributed by atoms with van der Waals surface area (Å²) in [6.07, 6.45) is 4.82. The third-order valence-electron chi connectivity index (χ3n) is 13.7. The van der Waals surface area contributed by atoms with Crippen molar-refractivity contribution in [2.75, 3.05) is 45.9 Å². The first-order valence-corrected chi connectivity index (χ1v) is 21.3. The number of ether oxygens (including phenoxy) is 1. The molecular weight excluding hydrogens is 775 g/mol. The van der Waals surface area contributed by atoms with Gasteiger partial charge < -0.3 is 35.0 Å². The largest absolute Gasteiger partial charge is 0.508 e. The predicted molar refractivity (Wildman–Crippen MR) is 223 cm³/mol. The molecule has 0 bridgehead atoms. The van der Waals surface area contributed by atoms with Gasteiger partial charge in [-0.2, -0.15) is 0 Å². The number of nitrogens with zero attached hydrogens (tertiary/aromatic N) is 2. The number of rotatable bonds is 11. The van der Waals surface area contributed by atoms with Crippen LogP contribution in [0, 0.1) is 11.8 Å². The summed E-state index contributed by atoms with van der Waals surface area (Å²) in [5.41, 5.74) is 5.77. The lowest BCUT2D eigenvalue weighted by molar-refractivity contribution is -0.166. The molecule has 58 heavy (non-hydrogen) atoms. The highest BCUT2D eigenvalue weighted by Crippen LogP contribution is 2.52. The van der Waals surface area contributed by atoms with Gasteiger partial charge in [0, 0.05) is 41.1 Å². The molecule has 0 saturated carbocycles. The van der Waals surface area contributed by atoms with E-state index in [9.17, 15) is 30.0 Å². The van der Waals surface area contributed by atoms with E-state index in [2.05, 4.69) is 34.1 Å². The van der Waals surface area contributed by atoms with Gasteiger partial charge in [0.1, 0.15) is 11.5 Å². The first-order valence-electron chi connectivity index (χ1n) is 20.6.